The summed E-state index contributed by atoms with van der Waals surface area (Å²) in [5.41, 5.74) is 1.75. The van der Waals surface area contributed by atoms with Gasteiger partial charge in [0.05, 0.1) is 16.0 Å². The number of carbonyl (C=O) groups is 1. The Morgan fingerprint density at radius 1 is 1.38 bits per heavy atom. The highest BCUT2D eigenvalue weighted by molar-refractivity contribution is 8.01. The maximum atomic E-state index is 12.3. The molecule has 6 nitrogen and oxygen atoms in total. The van der Waals surface area contributed by atoms with Gasteiger partial charge in [-0.1, -0.05) is 36.5 Å². The first-order chi connectivity index (χ1) is 12.6. The molecule has 3 aromatic rings. The van der Waals surface area contributed by atoms with Gasteiger partial charge < -0.3 is 9.88 Å². The number of carbonyl (C=O) groups excluding carboxylic acids is 1. The van der Waals surface area contributed by atoms with E-state index in [0.29, 0.717) is 6.54 Å². The molecule has 0 spiro atoms. The summed E-state index contributed by atoms with van der Waals surface area (Å²) in [6.45, 7) is 8.36. The van der Waals surface area contributed by atoms with Crippen molar-refractivity contribution in [1.82, 2.24) is 19.7 Å². The van der Waals surface area contributed by atoms with Crippen LogP contribution in [0, 0.1) is 6.92 Å². The average molecular weight is 406 g/mol. The number of rotatable bonds is 8. The summed E-state index contributed by atoms with van der Waals surface area (Å²) in [6.07, 6.45) is 1.79. The molecule has 0 bridgehead atoms. The van der Waals surface area contributed by atoms with Crippen LogP contribution in [0.5, 0.6) is 0 Å². The largest absolute Gasteiger partial charge is 0.325 e. The quantitative estimate of drug-likeness (QED) is 0.447. The fourth-order valence-corrected chi connectivity index (χ4v) is 5.10. The van der Waals surface area contributed by atoms with Crippen LogP contribution in [0.3, 0.4) is 0 Å². The lowest BCUT2D eigenvalue weighted by molar-refractivity contribution is -0.113. The molecule has 1 N–H and O–H groups in total. The van der Waals surface area contributed by atoms with Crippen molar-refractivity contribution >= 4 is 56.7 Å². The zero-order chi connectivity index (χ0) is 18.5. The van der Waals surface area contributed by atoms with Crippen LogP contribution in [0.25, 0.3) is 10.2 Å². The normalized spacial score (nSPS) is 11.0. The second-order valence-electron chi connectivity index (χ2n) is 5.36. The molecule has 136 valence electrons. The molecule has 0 aliphatic rings. The van der Waals surface area contributed by atoms with E-state index in [1.54, 1.807) is 29.2 Å². The van der Waals surface area contributed by atoms with E-state index in [-0.39, 0.29) is 11.7 Å². The molecule has 9 heteroatoms. The van der Waals surface area contributed by atoms with Crippen LogP contribution in [0.1, 0.15) is 12.7 Å². The molecule has 1 aromatic carbocycles. The highest BCUT2D eigenvalue weighted by Gasteiger charge is 2.12. The Morgan fingerprint density at radius 2 is 2.23 bits per heavy atom. The number of fused-ring (bicyclic) bond motifs is 1. The first kappa shape index (κ1) is 18.9. The van der Waals surface area contributed by atoms with Crippen molar-refractivity contribution in [2.75, 3.05) is 16.8 Å². The molecule has 2 aromatic heterocycles. The molecule has 0 aliphatic carbocycles. The number of nitrogens with one attached hydrogen (secondary N) is 1. The second-order valence-corrected chi connectivity index (χ2v) is 8.85. The van der Waals surface area contributed by atoms with Gasteiger partial charge in [-0.15, -0.1) is 28.1 Å². The van der Waals surface area contributed by atoms with Crippen LogP contribution >= 0.6 is 34.9 Å². The number of nitrogens with zero attached hydrogens (tertiary/aromatic N) is 4. The molecule has 2 heterocycles. The maximum Gasteiger partial charge on any atom is 0.234 e. The Morgan fingerprint density at radius 3 is 3.00 bits per heavy atom. The van der Waals surface area contributed by atoms with Gasteiger partial charge in [-0.25, -0.2) is 4.98 Å². The third-order valence-corrected chi connectivity index (χ3v) is 6.48. The predicted molar refractivity (Wildman–Crippen MR) is 110 cm³/mol. The van der Waals surface area contributed by atoms with Crippen molar-refractivity contribution in [3.05, 3.63) is 36.7 Å². The number of amides is 1. The summed E-state index contributed by atoms with van der Waals surface area (Å²) in [6, 6.07) is 5.80. The van der Waals surface area contributed by atoms with Gasteiger partial charge in [-0.2, -0.15) is 0 Å². The number of hydrogen-bond acceptors (Lipinski definition) is 7. The molecule has 0 saturated carbocycles. The van der Waals surface area contributed by atoms with E-state index in [0.717, 1.165) is 37.0 Å². The summed E-state index contributed by atoms with van der Waals surface area (Å²) in [5.74, 6) is 2.00. The van der Waals surface area contributed by atoms with E-state index >= 15 is 0 Å². The Labute approximate surface area is 164 Å². The number of hydrogen-bond donors (Lipinski definition) is 1. The lowest BCUT2D eigenvalue weighted by Crippen LogP contribution is -2.14. The number of thiazole rings is 1. The minimum absolute atomic E-state index is 0.0761. The number of aryl methyl sites for hydroxylation is 1. The second kappa shape index (κ2) is 8.70. The predicted octanol–water partition coefficient (Wildman–Crippen LogP) is 4.23. The number of aromatic nitrogens is 4. The molecular weight excluding hydrogens is 386 g/mol. The van der Waals surface area contributed by atoms with E-state index in [2.05, 4.69) is 34.0 Å². The van der Waals surface area contributed by atoms with Gasteiger partial charge in [-0.3, -0.25) is 4.79 Å². The summed E-state index contributed by atoms with van der Waals surface area (Å²) in [4.78, 5) is 16.8. The van der Waals surface area contributed by atoms with E-state index < -0.39 is 0 Å². The summed E-state index contributed by atoms with van der Waals surface area (Å²) >= 11 is 4.74. The fraction of sp³-hybridized carbons (Fsp3) is 0.294. The molecule has 1 amide bonds. The lowest BCUT2D eigenvalue weighted by atomic mass is 10.3. The molecule has 0 radical (unpaired) electrons. The van der Waals surface area contributed by atoms with Crippen molar-refractivity contribution in [3.8, 4) is 0 Å². The summed E-state index contributed by atoms with van der Waals surface area (Å²) < 4.78 is 4.06. The maximum absolute atomic E-state index is 12.3. The van der Waals surface area contributed by atoms with Gasteiger partial charge in [-0.05, 0) is 30.9 Å². The van der Waals surface area contributed by atoms with Crippen molar-refractivity contribution in [2.45, 2.75) is 29.9 Å². The summed E-state index contributed by atoms with van der Waals surface area (Å²) in [7, 11) is 0. The van der Waals surface area contributed by atoms with Gasteiger partial charge in [0.1, 0.15) is 5.82 Å². The number of anilines is 1. The molecule has 0 saturated heterocycles. The molecule has 0 fully saturated rings. The van der Waals surface area contributed by atoms with Crippen molar-refractivity contribution in [3.63, 3.8) is 0 Å². The first-order valence-corrected chi connectivity index (χ1v) is 10.9. The van der Waals surface area contributed by atoms with Gasteiger partial charge in [0.2, 0.25) is 5.91 Å². The molecule has 0 unspecified atom stereocenters. The third-order valence-electron chi connectivity index (χ3n) is 3.47. The van der Waals surface area contributed by atoms with E-state index in [1.165, 1.54) is 11.8 Å². The summed E-state index contributed by atoms with van der Waals surface area (Å²) in [5, 5.41) is 11.8. The van der Waals surface area contributed by atoms with Crippen LogP contribution in [-0.2, 0) is 11.3 Å². The van der Waals surface area contributed by atoms with Crippen LogP contribution in [0.15, 0.2) is 40.4 Å². The van der Waals surface area contributed by atoms with Crippen LogP contribution in [-0.4, -0.2) is 37.2 Å². The van der Waals surface area contributed by atoms with Crippen molar-refractivity contribution in [2.24, 2.45) is 0 Å². The standard InChI is InChI=1S/C17H19N5OS3/c1-4-8-22-11(3)20-21-16(22)25-10-15(23)18-12-6-7-13-14(9-12)26-17(19-13)24-5-2/h4,6-7,9H,1,5,8,10H2,2-3H3,(H,18,23). The van der Waals surface area contributed by atoms with Gasteiger partial charge in [0, 0.05) is 12.2 Å². The zero-order valence-electron chi connectivity index (χ0n) is 14.6. The molecule has 0 aliphatic heterocycles. The molecular formula is C17H19N5OS3. The van der Waals surface area contributed by atoms with Crippen LogP contribution in [0.2, 0.25) is 0 Å². The third kappa shape index (κ3) is 4.46. The number of allylic oxidation sites excluding steroid dienone is 1. The molecule has 3 rings (SSSR count). The van der Waals surface area contributed by atoms with Crippen LogP contribution in [0.4, 0.5) is 5.69 Å². The minimum Gasteiger partial charge on any atom is -0.325 e. The minimum atomic E-state index is -0.0761. The van der Waals surface area contributed by atoms with E-state index in [4.69, 9.17) is 0 Å². The van der Waals surface area contributed by atoms with Gasteiger partial charge in [0.25, 0.3) is 0 Å². The highest BCUT2D eigenvalue weighted by atomic mass is 32.2. The van der Waals surface area contributed by atoms with E-state index in [9.17, 15) is 4.79 Å². The molecule has 26 heavy (non-hydrogen) atoms. The first-order valence-electron chi connectivity index (χ1n) is 8.07. The lowest BCUT2D eigenvalue weighted by Gasteiger charge is -2.06. The Hall–Kier alpha value is -1.84. The topological polar surface area (TPSA) is 72.7 Å². The zero-order valence-corrected chi connectivity index (χ0v) is 17.0. The highest BCUT2D eigenvalue weighted by Crippen LogP contribution is 2.31. The Kier molecular flexibility index (Phi) is 6.33. The van der Waals surface area contributed by atoms with Crippen LogP contribution < -0.4 is 5.32 Å². The number of benzene rings is 1. The van der Waals surface area contributed by atoms with Gasteiger partial charge >= 0.3 is 0 Å². The Bertz CT molecular complexity index is 934. The van der Waals surface area contributed by atoms with Crippen molar-refractivity contribution in [1.29, 1.82) is 0 Å². The fourth-order valence-electron chi connectivity index (χ4n) is 2.30. The van der Waals surface area contributed by atoms with Crippen molar-refractivity contribution < 1.29 is 4.79 Å². The molecule has 0 atom stereocenters. The SMILES string of the molecule is C=CCn1c(C)nnc1SCC(=O)Nc1ccc2nc(SCC)sc2c1. The van der Waals surface area contributed by atoms with Gasteiger partial charge in [0.15, 0.2) is 9.50 Å². The smallest absolute Gasteiger partial charge is 0.234 e. The van der Waals surface area contributed by atoms with E-state index in [1.807, 2.05) is 29.7 Å². The monoisotopic (exact) mass is 405 g/mol. The number of thioether (sulfide) groups is 2. The average Bonchev–Trinajstić information content (AvgIpc) is 3.17. The Balaban J connectivity index is 1.63.